The van der Waals surface area contributed by atoms with Gasteiger partial charge in [0.25, 0.3) is 0 Å². The molecule has 1 aromatic rings. The van der Waals surface area contributed by atoms with Crippen molar-refractivity contribution < 1.29 is 5.11 Å². The van der Waals surface area contributed by atoms with Crippen LogP contribution in [0.2, 0.25) is 0 Å². The average molecular weight is 209 g/mol. The van der Waals surface area contributed by atoms with Crippen LogP contribution in [-0.2, 0) is 5.60 Å². The first-order chi connectivity index (χ1) is 6.57. The van der Waals surface area contributed by atoms with Crippen LogP contribution in [0.1, 0.15) is 19.4 Å². The topological polar surface area (TPSA) is 32.3 Å². The van der Waals surface area contributed by atoms with Crippen molar-refractivity contribution in [2.45, 2.75) is 24.3 Å². The summed E-state index contributed by atoms with van der Waals surface area (Å²) in [5, 5.41) is 13.2. The quantitative estimate of drug-likeness (QED) is 0.745. The minimum atomic E-state index is -0.743. The first-order valence-electron chi connectivity index (χ1n) is 4.81. The van der Waals surface area contributed by atoms with E-state index in [1.807, 2.05) is 31.7 Å². The predicted molar refractivity (Wildman–Crippen MR) is 60.9 cm³/mol. The van der Waals surface area contributed by atoms with Gasteiger partial charge in [-0.1, -0.05) is 6.07 Å². The van der Waals surface area contributed by atoms with Crippen molar-refractivity contribution in [2.75, 3.05) is 17.6 Å². The molecule has 0 radical (unpaired) electrons. The highest BCUT2D eigenvalue weighted by atomic mass is 32.2. The smallest absolute Gasteiger partial charge is 0.0840 e. The molecule has 1 aromatic carbocycles. The molecule has 0 aromatic heterocycles. The molecule has 14 heavy (non-hydrogen) atoms. The minimum Gasteiger partial charge on any atom is -0.386 e. The summed E-state index contributed by atoms with van der Waals surface area (Å²) in [6.07, 6.45) is 0. The van der Waals surface area contributed by atoms with Gasteiger partial charge in [-0.2, -0.15) is 0 Å². The first-order valence-corrected chi connectivity index (χ1v) is 5.79. The Bertz CT molecular complexity index is 344. The third kappa shape index (κ3) is 1.88. The third-order valence-corrected chi connectivity index (χ3v) is 3.42. The minimum absolute atomic E-state index is 0.743. The van der Waals surface area contributed by atoms with Crippen LogP contribution < -0.4 is 5.32 Å². The Morgan fingerprint density at radius 3 is 2.93 bits per heavy atom. The van der Waals surface area contributed by atoms with Gasteiger partial charge in [-0.3, -0.25) is 0 Å². The summed E-state index contributed by atoms with van der Waals surface area (Å²) >= 11 is 1.85. The highest BCUT2D eigenvalue weighted by Gasteiger charge is 2.18. The Balaban J connectivity index is 2.39. The third-order valence-electron chi connectivity index (χ3n) is 2.36. The summed E-state index contributed by atoms with van der Waals surface area (Å²) in [5.74, 6) is 1.10. The molecule has 1 aliphatic heterocycles. The van der Waals surface area contributed by atoms with Crippen LogP contribution in [0.25, 0.3) is 0 Å². The highest BCUT2D eigenvalue weighted by Crippen LogP contribution is 2.34. The van der Waals surface area contributed by atoms with Gasteiger partial charge in [-0.25, -0.2) is 0 Å². The summed E-state index contributed by atoms with van der Waals surface area (Å²) in [7, 11) is 0. The molecule has 0 fully saturated rings. The molecular formula is C11H15NOS. The summed E-state index contributed by atoms with van der Waals surface area (Å²) in [6.45, 7) is 4.66. The lowest BCUT2D eigenvalue weighted by atomic mass is 9.98. The number of aliphatic hydroxyl groups is 1. The molecule has 0 spiro atoms. The van der Waals surface area contributed by atoms with E-state index in [4.69, 9.17) is 0 Å². The van der Waals surface area contributed by atoms with Crippen LogP contribution >= 0.6 is 11.8 Å². The van der Waals surface area contributed by atoms with Crippen LogP contribution in [0, 0.1) is 0 Å². The van der Waals surface area contributed by atoms with Gasteiger partial charge >= 0.3 is 0 Å². The fourth-order valence-electron chi connectivity index (χ4n) is 1.52. The van der Waals surface area contributed by atoms with Crippen molar-refractivity contribution in [1.82, 2.24) is 0 Å². The molecule has 1 heterocycles. The van der Waals surface area contributed by atoms with Gasteiger partial charge in [-0.15, -0.1) is 11.8 Å². The van der Waals surface area contributed by atoms with E-state index in [1.165, 1.54) is 10.6 Å². The molecular weight excluding hydrogens is 194 g/mol. The monoisotopic (exact) mass is 209 g/mol. The Hall–Kier alpha value is -0.670. The van der Waals surface area contributed by atoms with Crippen molar-refractivity contribution in [2.24, 2.45) is 0 Å². The Kier molecular flexibility index (Phi) is 2.45. The van der Waals surface area contributed by atoms with Gasteiger partial charge in [0.1, 0.15) is 0 Å². The molecule has 2 N–H and O–H groups in total. The molecule has 76 valence electrons. The second-order valence-electron chi connectivity index (χ2n) is 4.05. The lowest BCUT2D eigenvalue weighted by molar-refractivity contribution is 0.0784. The Labute approximate surface area is 88.7 Å². The van der Waals surface area contributed by atoms with E-state index in [-0.39, 0.29) is 0 Å². The second-order valence-corrected chi connectivity index (χ2v) is 5.18. The number of nitrogens with one attached hydrogen (secondary N) is 1. The highest BCUT2D eigenvalue weighted by molar-refractivity contribution is 7.99. The average Bonchev–Trinajstić information content (AvgIpc) is 2.16. The molecule has 0 atom stereocenters. The first kappa shape index (κ1) is 9.87. The van der Waals surface area contributed by atoms with Gasteiger partial charge < -0.3 is 10.4 Å². The van der Waals surface area contributed by atoms with Crippen molar-refractivity contribution in [3.05, 3.63) is 23.8 Å². The van der Waals surface area contributed by atoms with Crippen LogP contribution in [0.15, 0.2) is 23.1 Å². The maximum Gasteiger partial charge on any atom is 0.0840 e. The molecule has 0 saturated heterocycles. The van der Waals surface area contributed by atoms with Crippen molar-refractivity contribution in [3.63, 3.8) is 0 Å². The normalized spacial score (nSPS) is 15.9. The Morgan fingerprint density at radius 2 is 2.21 bits per heavy atom. The van der Waals surface area contributed by atoms with Gasteiger partial charge in [0.2, 0.25) is 0 Å². The summed E-state index contributed by atoms with van der Waals surface area (Å²) in [5.41, 5.74) is 1.43. The Morgan fingerprint density at radius 1 is 1.43 bits per heavy atom. The lowest BCUT2D eigenvalue weighted by Crippen LogP contribution is -2.17. The lowest BCUT2D eigenvalue weighted by Gasteiger charge is -2.22. The molecule has 0 saturated carbocycles. The number of benzene rings is 1. The summed E-state index contributed by atoms with van der Waals surface area (Å²) < 4.78 is 0. The van der Waals surface area contributed by atoms with E-state index in [9.17, 15) is 5.11 Å². The van der Waals surface area contributed by atoms with Crippen LogP contribution in [0.3, 0.4) is 0 Å². The van der Waals surface area contributed by atoms with E-state index in [0.717, 1.165) is 17.9 Å². The molecule has 2 rings (SSSR count). The van der Waals surface area contributed by atoms with Crippen molar-refractivity contribution in [1.29, 1.82) is 0 Å². The zero-order valence-electron chi connectivity index (χ0n) is 8.50. The van der Waals surface area contributed by atoms with Crippen LogP contribution in [0.4, 0.5) is 5.69 Å². The molecule has 3 heteroatoms. The van der Waals surface area contributed by atoms with Gasteiger partial charge in [0.05, 0.1) is 5.60 Å². The molecule has 0 bridgehead atoms. The van der Waals surface area contributed by atoms with Gasteiger partial charge in [0, 0.05) is 22.9 Å². The fourth-order valence-corrected chi connectivity index (χ4v) is 2.45. The summed E-state index contributed by atoms with van der Waals surface area (Å²) in [6, 6.07) is 6.11. The number of rotatable bonds is 1. The zero-order valence-corrected chi connectivity index (χ0v) is 9.32. The second kappa shape index (κ2) is 3.48. The van der Waals surface area contributed by atoms with E-state index >= 15 is 0 Å². The van der Waals surface area contributed by atoms with Crippen molar-refractivity contribution >= 4 is 17.4 Å². The molecule has 1 aliphatic rings. The summed E-state index contributed by atoms with van der Waals surface area (Å²) in [4.78, 5) is 1.25. The van der Waals surface area contributed by atoms with E-state index in [1.54, 1.807) is 0 Å². The van der Waals surface area contributed by atoms with E-state index in [0.29, 0.717) is 0 Å². The molecule has 2 nitrogen and oxygen atoms in total. The molecule has 0 amide bonds. The number of hydrogen-bond donors (Lipinski definition) is 2. The molecule has 0 aliphatic carbocycles. The zero-order chi connectivity index (χ0) is 10.2. The maximum absolute atomic E-state index is 9.86. The number of anilines is 1. The number of hydrogen-bond acceptors (Lipinski definition) is 3. The number of thioether (sulfide) groups is 1. The largest absolute Gasteiger partial charge is 0.386 e. The SMILES string of the molecule is CC(C)(O)c1ccc2c(c1)SCCN2. The maximum atomic E-state index is 9.86. The van der Waals surface area contributed by atoms with Crippen LogP contribution in [0.5, 0.6) is 0 Å². The van der Waals surface area contributed by atoms with E-state index in [2.05, 4.69) is 17.4 Å². The standard InChI is InChI=1S/C11H15NOS/c1-11(2,13)8-3-4-9-10(7-8)14-6-5-12-9/h3-4,7,12-13H,5-6H2,1-2H3. The van der Waals surface area contributed by atoms with Crippen molar-refractivity contribution in [3.8, 4) is 0 Å². The predicted octanol–water partition coefficient (Wildman–Crippen LogP) is 2.43. The fraction of sp³-hybridized carbons (Fsp3) is 0.455. The number of fused-ring (bicyclic) bond motifs is 1. The van der Waals surface area contributed by atoms with Gasteiger partial charge in [-0.05, 0) is 31.5 Å². The van der Waals surface area contributed by atoms with Crippen LogP contribution in [-0.4, -0.2) is 17.4 Å². The van der Waals surface area contributed by atoms with E-state index < -0.39 is 5.60 Å². The molecule has 0 unspecified atom stereocenters. The van der Waals surface area contributed by atoms with Gasteiger partial charge in [0.15, 0.2) is 0 Å².